The summed E-state index contributed by atoms with van der Waals surface area (Å²) in [5, 5.41) is 22.4. The van der Waals surface area contributed by atoms with Gasteiger partial charge in [0.1, 0.15) is 11.5 Å². The van der Waals surface area contributed by atoms with Crippen LogP contribution in [0.25, 0.3) is 0 Å². The highest BCUT2D eigenvalue weighted by molar-refractivity contribution is 5.86. The van der Waals surface area contributed by atoms with Crippen molar-refractivity contribution in [3.63, 3.8) is 0 Å². The molecule has 2 aromatic rings. The van der Waals surface area contributed by atoms with Crippen molar-refractivity contribution in [2.24, 2.45) is 0 Å². The van der Waals surface area contributed by atoms with Crippen LogP contribution in [0.2, 0.25) is 0 Å². The largest absolute Gasteiger partial charge is 0.477 e. The van der Waals surface area contributed by atoms with Gasteiger partial charge in [-0.1, -0.05) is 0 Å². The SMILES string of the molecule is Cc1ccc(CNc2nc(C(=O)O)ccc2[N+](=O)[O-])o1. The van der Waals surface area contributed by atoms with E-state index in [-0.39, 0.29) is 23.7 Å². The second kappa shape index (κ2) is 5.39. The van der Waals surface area contributed by atoms with E-state index in [1.165, 1.54) is 0 Å². The lowest BCUT2D eigenvalue weighted by atomic mass is 10.3. The summed E-state index contributed by atoms with van der Waals surface area (Å²) in [7, 11) is 0. The number of nitrogens with one attached hydrogen (secondary N) is 1. The quantitative estimate of drug-likeness (QED) is 0.635. The highest BCUT2D eigenvalue weighted by atomic mass is 16.6. The fourth-order valence-corrected chi connectivity index (χ4v) is 1.60. The molecule has 0 radical (unpaired) electrons. The lowest BCUT2D eigenvalue weighted by Gasteiger charge is -2.05. The van der Waals surface area contributed by atoms with E-state index in [4.69, 9.17) is 9.52 Å². The molecular weight excluding hydrogens is 266 g/mol. The zero-order valence-electron chi connectivity index (χ0n) is 10.5. The van der Waals surface area contributed by atoms with Gasteiger partial charge in [0.25, 0.3) is 0 Å². The van der Waals surface area contributed by atoms with Crippen LogP contribution in [0, 0.1) is 17.0 Å². The highest BCUT2D eigenvalue weighted by Crippen LogP contribution is 2.23. The van der Waals surface area contributed by atoms with Crippen molar-refractivity contribution in [3.8, 4) is 0 Å². The van der Waals surface area contributed by atoms with Crippen molar-refractivity contribution < 1.29 is 19.2 Å². The first-order valence-corrected chi connectivity index (χ1v) is 5.65. The number of carboxylic acid groups (broad SMARTS) is 1. The van der Waals surface area contributed by atoms with Gasteiger partial charge in [0.15, 0.2) is 5.69 Å². The molecule has 0 aromatic carbocycles. The van der Waals surface area contributed by atoms with Crippen LogP contribution in [0.4, 0.5) is 11.5 Å². The van der Waals surface area contributed by atoms with Crippen molar-refractivity contribution in [2.45, 2.75) is 13.5 Å². The maximum absolute atomic E-state index is 10.9. The van der Waals surface area contributed by atoms with Gasteiger partial charge in [0.05, 0.1) is 11.5 Å². The summed E-state index contributed by atoms with van der Waals surface area (Å²) in [6.07, 6.45) is 0. The second-order valence-corrected chi connectivity index (χ2v) is 3.99. The molecule has 0 spiro atoms. The Balaban J connectivity index is 2.25. The molecule has 2 rings (SSSR count). The van der Waals surface area contributed by atoms with Gasteiger partial charge in [-0.25, -0.2) is 9.78 Å². The number of pyridine rings is 1. The van der Waals surface area contributed by atoms with Gasteiger partial charge in [-0.05, 0) is 25.1 Å². The molecule has 2 heterocycles. The van der Waals surface area contributed by atoms with Crippen LogP contribution in [0.1, 0.15) is 22.0 Å². The van der Waals surface area contributed by atoms with E-state index < -0.39 is 10.9 Å². The third-order valence-electron chi connectivity index (χ3n) is 2.52. The minimum Gasteiger partial charge on any atom is -0.477 e. The Hall–Kier alpha value is -2.90. The Morgan fingerprint density at radius 1 is 1.45 bits per heavy atom. The second-order valence-electron chi connectivity index (χ2n) is 3.99. The number of anilines is 1. The Labute approximate surface area is 113 Å². The van der Waals surface area contributed by atoms with Gasteiger partial charge >= 0.3 is 11.7 Å². The number of aryl methyl sites for hydroxylation is 1. The van der Waals surface area contributed by atoms with Crippen LogP contribution < -0.4 is 5.32 Å². The van der Waals surface area contributed by atoms with E-state index in [0.29, 0.717) is 11.5 Å². The number of aromatic carboxylic acids is 1. The molecule has 20 heavy (non-hydrogen) atoms. The Morgan fingerprint density at radius 3 is 2.75 bits per heavy atom. The number of furan rings is 1. The van der Waals surface area contributed by atoms with Gasteiger partial charge in [0.2, 0.25) is 5.82 Å². The maximum atomic E-state index is 10.9. The van der Waals surface area contributed by atoms with Crippen molar-refractivity contribution in [2.75, 3.05) is 5.32 Å². The van der Waals surface area contributed by atoms with Gasteiger partial charge in [0, 0.05) is 6.07 Å². The van der Waals surface area contributed by atoms with E-state index in [2.05, 4.69) is 10.3 Å². The van der Waals surface area contributed by atoms with Gasteiger partial charge in [-0.15, -0.1) is 0 Å². The van der Waals surface area contributed by atoms with Crippen LogP contribution >= 0.6 is 0 Å². The number of aromatic nitrogens is 1. The average molecular weight is 277 g/mol. The predicted octanol–water partition coefficient (Wildman–Crippen LogP) is 2.20. The predicted molar refractivity (Wildman–Crippen MR) is 68.6 cm³/mol. The molecule has 0 fully saturated rings. The monoisotopic (exact) mass is 277 g/mol. The van der Waals surface area contributed by atoms with Crippen LogP contribution in [-0.2, 0) is 6.54 Å². The summed E-state index contributed by atoms with van der Waals surface area (Å²) in [5.74, 6) is -0.0800. The molecule has 8 nitrogen and oxygen atoms in total. The van der Waals surface area contributed by atoms with Crippen LogP contribution in [0.15, 0.2) is 28.7 Å². The van der Waals surface area contributed by atoms with Gasteiger partial charge in [-0.2, -0.15) is 0 Å². The molecule has 2 aromatic heterocycles. The van der Waals surface area contributed by atoms with Crippen molar-refractivity contribution >= 4 is 17.5 Å². The first kappa shape index (κ1) is 13.5. The van der Waals surface area contributed by atoms with Crippen LogP contribution in [-0.4, -0.2) is 21.0 Å². The Morgan fingerprint density at radius 2 is 2.20 bits per heavy atom. The first-order valence-electron chi connectivity index (χ1n) is 5.65. The number of hydrogen-bond donors (Lipinski definition) is 2. The molecule has 104 valence electrons. The topological polar surface area (TPSA) is 119 Å². The summed E-state index contributed by atoms with van der Waals surface area (Å²) >= 11 is 0. The summed E-state index contributed by atoms with van der Waals surface area (Å²) in [6.45, 7) is 1.94. The van der Waals surface area contributed by atoms with E-state index in [0.717, 1.165) is 12.1 Å². The lowest BCUT2D eigenvalue weighted by Crippen LogP contribution is -2.08. The number of hydrogen-bond acceptors (Lipinski definition) is 6. The van der Waals surface area contributed by atoms with Crippen LogP contribution in [0.5, 0.6) is 0 Å². The van der Waals surface area contributed by atoms with E-state index in [1.54, 1.807) is 19.1 Å². The van der Waals surface area contributed by atoms with Gasteiger partial charge < -0.3 is 14.8 Å². The molecule has 0 aliphatic rings. The minimum absolute atomic E-state index is 0.107. The summed E-state index contributed by atoms with van der Waals surface area (Å²) in [6, 6.07) is 5.66. The molecule has 0 bridgehead atoms. The molecule has 0 atom stereocenters. The number of carboxylic acids is 1. The average Bonchev–Trinajstić information content (AvgIpc) is 2.81. The van der Waals surface area contributed by atoms with Crippen LogP contribution in [0.3, 0.4) is 0 Å². The molecule has 0 unspecified atom stereocenters. The Kier molecular flexibility index (Phi) is 3.65. The smallest absolute Gasteiger partial charge is 0.354 e. The molecule has 0 saturated carbocycles. The van der Waals surface area contributed by atoms with E-state index in [1.807, 2.05) is 0 Å². The van der Waals surface area contributed by atoms with Crippen molar-refractivity contribution in [1.29, 1.82) is 0 Å². The zero-order chi connectivity index (χ0) is 14.7. The number of rotatable bonds is 5. The number of nitro groups is 1. The molecule has 2 N–H and O–H groups in total. The molecule has 0 amide bonds. The first-order chi connectivity index (χ1) is 9.47. The number of carbonyl (C=O) groups is 1. The minimum atomic E-state index is -1.25. The standard InChI is InChI=1S/C12H11N3O5/c1-7-2-3-8(20-7)6-13-11-10(15(18)19)5-4-9(14-11)12(16)17/h2-5H,6H2,1H3,(H,13,14)(H,16,17). The normalized spacial score (nSPS) is 10.2. The zero-order valence-corrected chi connectivity index (χ0v) is 10.5. The summed E-state index contributed by atoms with van der Waals surface area (Å²) in [4.78, 5) is 24.8. The van der Waals surface area contributed by atoms with E-state index >= 15 is 0 Å². The third-order valence-corrected chi connectivity index (χ3v) is 2.52. The fraction of sp³-hybridized carbons (Fsp3) is 0.167. The fourth-order valence-electron chi connectivity index (χ4n) is 1.60. The highest BCUT2D eigenvalue weighted by Gasteiger charge is 2.18. The Bertz CT molecular complexity index is 665. The summed E-state index contributed by atoms with van der Waals surface area (Å²) < 4.78 is 5.31. The number of nitrogens with zero attached hydrogens (tertiary/aromatic N) is 2. The maximum Gasteiger partial charge on any atom is 0.354 e. The summed E-state index contributed by atoms with van der Waals surface area (Å²) in [5.41, 5.74) is -0.563. The van der Waals surface area contributed by atoms with Crippen molar-refractivity contribution in [3.05, 3.63) is 51.6 Å². The molecule has 8 heteroatoms. The lowest BCUT2D eigenvalue weighted by molar-refractivity contribution is -0.384. The third kappa shape index (κ3) is 2.91. The van der Waals surface area contributed by atoms with E-state index in [9.17, 15) is 14.9 Å². The molecular formula is C12H11N3O5. The van der Waals surface area contributed by atoms with Crippen molar-refractivity contribution in [1.82, 2.24) is 4.98 Å². The molecule has 0 aliphatic heterocycles. The molecule has 0 aliphatic carbocycles. The molecule has 0 saturated heterocycles. The van der Waals surface area contributed by atoms with Gasteiger partial charge in [-0.3, -0.25) is 10.1 Å².